The number of rotatable bonds is 5. The van der Waals surface area contributed by atoms with Crippen LogP contribution in [0.1, 0.15) is 19.8 Å². The van der Waals surface area contributed by atoms with Crippen molar-refractivity contribution in [3.8, 4) is 0 Å². The maximum absolute atomic E-state index is 5.98. The second-order valence-electron chi connectivity index (χ2n) is 7.69. The zero-order valence-corrected chi connectivity index (χ0v) is 16.6. The molecule has 2 atom stereocenters. The number of nitrogens with zero attached hydrogens (tertiary/aromatic N) is 4. The Morgan fingerprint density at radius 2 is 2.10 bits per heavy atom. The molecule has 1 aromatic carbocycles. The van der Waals surface area contributed by atoms with Crippen molar-refractivity contribution < 1.29 is 4.74 Å². The summed E-state index contributed by atoms with van der Waals surface area (Å²) in [5.41, 5.74) is 2.70. The molecule has 1 fully saturated rings. The van der Waals surface area contributed by atoms with Crippen molar-refractivity contribution >= 4 is 39.1 Å². The summed E-state index contributed by atoms with van der Waals surface area (Å²) >= 11 is 0. The van der Waals surface area contributed by atoms with Crippen LogP contribution in [0.25, 0.3) is 21.8 Å². The van der Waals surface area contributed by atoms with Crippen molar-refractivity contribution in [2.75, 3.05) is 23.8 Å². The molecule has 29 heavy (non-hydrogen) atoms. The van der Waals surface area contributed by atoms with Gasteiger partial charge in [0.1, 0.15) is 11.3 Å². The van der Waals surface area contributed by atoms with Gasteiger partial charge in [-0.3, -0.25) is 10.1 Å². The number of benzene rings is 1. The first-order chi connectivity index (χ1) is 14.2. The second kappa shape index (κ2) is 7.33. The van der Waals surface area contributed by atoms with Crippen LogP contribution in [-0.2, 0) is 4.74 Å². The van der Waals surface area contributed by atoms with E-state index >= 15 is 0 Å². The van der Waals surface area contributed by atoms with E-state index in [0.29, 0.717) is 6.10 Å². The lowest BCUT2D eigenvalue weighted by molar-refractivity contribution is 0.0606. The zero-order chi connectivity index (χ0) is 19.8. The predicted octanol–water partition coefficient (Wildman–Crippen LogP) is 4.25. The van der Waals surface area contributed by atoms with Gasteiger partial charge in [0.15, 0.2) is 5.82 Å². The molecular weight excluding hydrogens is 364 g/mol. The number of anilines is 3. The maximum atomic E-state index is 5.98. The van der Waals surface area contributed by atoms with E-state index in [0.717, 1.165) is 58.5 Å². The molecule has 0 bridgehead atoms. The van der Waals surface area contributed by atoms with Crippen LogP contribution in [0.15, 0.2) is 48.8 Å². The lowest BCUT2D eigenvalue weighted by atomic mass is 10.1. The molecule has 0 amide bonds. The molecule has 1 aliphatic rings. The van der Waals surface area contributed by atoms with Crippen LogP contribution < -0.4 is 10.2 Å². The van der Waals surface area contributed by atoms with E-state index in [4.69, 9.17) is 4.74 Å². The van der Waals surface area contributed by atoms with Gasteiger partial charge in [-0.25, -0.2) is 4.98 Å². The topological polar surface area (TPSA) is 79.0 Å². The quantitative estimate of drug-likeness (QED) is 0.532. The fourth-order valence-corrected chi connectivity index (χ4v) is 4.03. The van der Waals surface area contributed by atoms with Crippen molar-refractivity contribution in [2.24, 2.45) is 0 Å². The van der Waals surface area contributed by atoms with Crippen molar-refractivity contribution in [1.82, 2.24) is 20.2 Å². The van der Waals surface area contributed by atoms with E-state index in [2.05, 4.69) is 62.6 Å². The summed E-state index contributed by atoms with van der Waals surface area (Å²) in [5.74, 6) is 1.70. The van der Waals surface area contributed by atoms with E-state index < -0.39 is 0 Å². The molecule has 4 heterocycles. The summed E-state index contributed by atoms with van der Waals surface area (Å²) in [6, 6.07) is 12.2. The summed E-state index contributed by atoms with van der Waals surface area (Å²) in [4.78, 5) is 11.2. The number of pyridine rings is 2. The summed E-state index contributed by atoms with van der Waals surface area (Å²) < 4.78 is 5.98. The Labute approximate surface area is 169 Å². The van der Waals surface area contributed by atoms with Crippen molar-refractivity contribution in [3.05, 3.63) is 48.8 Å². The van der Waals surface area contributed by atoms with Crippen LogP contribution in [0.3, 0.4) is 0 Å². The molecule has 148 valence electrons. The van der Waals surface area contributed by atoms with Crippen LogP contribution >= 0.6 is 0 Å². The number of H-pyrrole nitrogens is 1. The minimum Gasteiger partial charge on any atom is -0.373 e. The third kappa shape index (κ3) is 3.49. The molecule has 4 aromatic rings. The Balaban J connectivity index is 1.41. The number of aromatic amines is 1. The Kier molecular flexibility index (Phi) is 4.52. The van der Waals surface area contributed by atoms with Gasteiger partial charge >= 0.3 is 0 Å². The van der Waals surface area contributed by atoms with Crippen LogP contribution in [-0.4, -0.2) is 46.0 Å². The Hall–Kier alpha value is -3.19. The van der Waals surface area contributed by atoms with Crippen LogP contribution in [0.2, 0.25) is 0 Å². The average Bonchev–Trinajstić information content (AvgIpc) is 3.33. The highest BCUT2D eigenvalue weighted by Crippen LogP contribution is 2.30. The Morgan fingerprint density at radius 1 is 1.17 bits per heavy atom. The van der Waals surface area contributed by atoms with Gasteiger partial charge in [0.25, 0.3) is 0 Å². The number of aromatic nitrogens is 4. The van der Waals surface area contributed by atoms with Crippen LogP contribution in [0.4, 0.5) is 17.3 Å². The van der Waals surface area contributed by atoms with E-state index in [1.54, 1.807) is 6.20 Å². The third-order valence-electron chi connectivity index (χ3n) is 5.49. The Morgan fingerprint density at radius 3 is 2.97 bits per heavy atom. The summed E-state index contributed by atoms with van der Waals surface area (Å²) in [6.07, 6.45) is 6.50. The van der Waals surface area contributed by atoms with Crippen molar-refractivity contribution in [1.29, 1.82) is 0 Å². The van der Waals surface area contributed by atoms with Gasteiger partial charge in [-0.05, 0) is 61.5 Å². The smallest absolute Gasteiger partial charge is 0.178 e. The van der Waals surface area contributed by atoms with Crippen LogP contribution in [0, 0.1) is 0 Å². The van der Waals surface area contributed by atoms with Crippen molar-refractivity contribution in [3.63, 3.8) is 0 Å². The number of nitrogens with one attached hydrogen (secondary N) is 2. The molecule has 1 aliphatic heterocycles. The maximum Gasteiger partial charge on any atom is 0.178 e. The average molecular weight is 388 g/mol. The normalized spacial score (nSPS) is 19.1. The molecule has 7 heteroatoms. The minimum atomic E-state index is 0.272. The van der Waals surface area contributed by atoms with Gasteiger partial charge in [-0.1, -0.05) is 0 Å². The number of fused-ring (bicyclic) bond motifs is 2. The van der Waals surface area contributed by atoms with Gasteiger partial charge in [0, 0.05) is 37.1 Å². The molecule has 3 aromatic heterocycles. The van der Waals surface area contributed by atoms with E-state index in [1.165, 1.54) is 0 Å². The van der Waals surface area contributed by atoms with E-state index in [9.17, 15) is 0 Å². The van der Waals surface area contributed by atoms with Crippen LogP contribution in [0.5, 0.6) is 0 Å². The molecule has 1 saturated heterocycles. The molecule has 7 nitrogen and oxygen atoms in total. The summed E-state index contributed by atoms with van der Waals surface area (Å²) in [7, 11) is 2.09. The number of ether oxygens (including phenoxy) is 1. The highest BCUT2D eigenvalue weighted by molar-refractivity contribution is 5.95. The molecule has 0 saturated carbocycles. The first kappa shape index (κ1) is 17.9. The highest BCUT2D eigenvalue weighted by Gasteiger charge is 2.23. The van der Waals surface area contributed by atoms with Gasteiger partial charge in [0.2, 0.25) is 0 Å². The van der Waals surface area contributed by atoms with Gasteiger partial charge in [-0.15, -0.1) is 0 Å². The minimum absolute atomic E-state index is 0.272. The van der Waals surface area contributed by atoms with E-state index in [1.807, 2.05) is 24.4 Å². The van der Waals surface area contributed by atoms with Crippen molar-refractivity contribution in [2.45, 2.75) is 32.0 Å². The molecule has 2 unspecified atom stereocenters. The molecule has 2 N–H and O–H groups in total. The SMILES string of the molecule is CC1CCC(CN(C)c2nccc3cc(Nc4n[nH]c5cccnc45)ccc23)O1. The van der Waals surface area contributed by atoms with Gasteiger partial charge in [0.05, 0.1) is 17.7 Å². The van der Waals surface area contributed by atoms with E-state index in [-0.39, 0.29) is 6.10 Å². The lowest BCUT2D eigenvalue weighted by Crippen LogP contribution is -2.29. The van der Waals surface area contributed by atoms with Gasteiger partial charge in [-0.2, -0.15) is 5.10 Å². The number of likely N-dealkylation sites (N-methyl/N-ethyl adjacent to an activating group) is 1. The number of hydrogen-bond acceptors (Lipinski definition) is 6. The molecule has 0 radical (unpaired) electrons. The number of hydrogen-bond donors (Lipinski definition) is 2. The third-order valence-corrected chi connectivity index (χ3v) is 5.49. The molecule has 0 spiro atoms. The fraction of sp³-hybridized carbons (Fsp3) is 0.318. The highest BCUT2D eigenvalue weighted by atomic mass is 16.5. The largest absolute Gasteiger partial charge is 0.373 e. The lowest BCUT2D eigenvalue weighted by Gasteiger charge is -2.23. The molecule has 5 rings (SSSR count). The molecule has 0 aliphatic carbocycles. The molecular formula is C22H24N6O. The first-order valence-corrected chi connectivity index (χ1v) is 9.99. The monoisotopic (exact) mass is 388 g/mol. The Bertz CT molecular complexity index is 1160. The zero-order valence-electron chi connectivity index (χ0n) is 16.6. The fourth-order valence-electron chi connectivity index (χ4n) is 4.03. The van der Waals surface area contributed by atoms with Gasteiger partial charge < -0.3 is 15.0 Å². The first-order valence-electron chi connectivity index (χ1n) is 9.99. The summed E-state index contributed by atoms with van der Waals surface area (Å²) in [5, 5.41) is 13.0. The standard InChI is InChI=1S/C22H24N6O/c1-14-5-7-17(29-14)13-28(2)22-18-8-6-16(12-15(18)9-11-24-22)25-21-20-19(26-27-21)4-3-10-23-20/h3-4,6,8-12,14,17H,5,7,13H2,1-2H3,(H2,25,26,27). The second-order valence-corrected chi connectivity index (χ2v) is 7.69. The summed E-state index contributed by atoms with van der Waals surface area (Å²) in [6.45, 7) is 2.99. The predicted molar refractivity (Wildman–Crippen MR) is 116 cm³/mol.